The van der Waals surface area contributed by atoms with Crippen LogP contribution in [-0.4, -0.2) is 28.7 Å². The first-order chi connectivity index (χ1) is 14.8. The van der Waals surface area contributed by atoms with E-state index in [0.717, 1.165) is 0 Å². The minimum absolute atomic E-state index is 0.0506. The molecule has 3 rings (SSSR count). The molecule has 0 aromatic heterocycles. The van der Waals surface area contributed by atoms with Gasteiger partial charge in [-0.1, -0.05) is 24.3 Å². The molecule has 8 heteroatoms. The molecule has 0 spiro atoms. The van der Waals surface area contributed by atoms with Crippen LogP contribution in [0, 0.1) is 5.41 Å². The molecule has 0 saturated carbocycles. The molecule has 3 aromatic carbocycles. The Balaban J connectivity index is 2.05. The molecule has 0 radical (unpaired) electrons. The molecule has 156 valence electrons. The normalized spacial score (nSPS) is 10.2. The van der Waals surface area contributed by atoms with Crippen LogP contribution in [0.4, 0.5) is 11.4 Å². The smallest absolute Gasteiger partial charge is 0.336 e. The van der Waals surface area contributed by atoms with Gasteiger partial charge in [-0.25, -0.2) is 4.79 Å². The lowest BCUT2D eigenvalue weighted by atomic mass is 9.94. The molecular weight excluding hydrogens is 396 g/mol. The number of hydrogen-bond donors (Lipinski definition) is 5. The Hall–Kier alpha value is -4.46. The molecule has 0 aliphatic rings. The summed E-state index contributed by atoms with van der Waals surface area (Å²) in [6.07, 6.45) is 0. The maximum Gasteiger partial charge on any atom is 0.336 e. The molecule has 2 amide bonds. The number of carboxylic acid groups (broad SMARTS) is 1. The van der Waals surface area contributed by atoms with Gasteiger partial charge in [0, 0.05) is 29.4 Å². The highest BCUT2D eigenvalue weighted by molar-refractivity contribution is 6.11. The molecule has 0 saturated heterocycles. The van der Waals surface area contributed by atoms with Crippen molar-refractivity contribution < 1.29 is 19.5 Å². The zero-order chi connectivity index (χ0) is 22.5. The zero-order valence-electron chi connectivity index (χ0n) is 16.6. The molecule has 8 nitrogen and oxygen atoms in total. The molecule has 6 N–H and O–H groups in total. The highest BCUT2D eigenvalue weighted by atomic mass is 16.4. The van der Waals surface area contributed by atoms with E-state index in [1.807, 2.05) is 0 Å². The Labute approximate surface area is 178 Å². The number of amides is 2. The number of nitrogens with two attached hydrogens (primary N) is 1. The highest BCUT2D eigenvalue weighted by Crippen LogP contribution is 2.30. The Bertz CT molecular complexity index is 1190. The van der Waals surface area contributed by atoms with Crippen LogP contribution in [0.5, 0.6) is 0 Å². The van der Waals surface area contributed by atoms with Gasteiger partial charge >= 0.3 is 5.97 Å². The third-order valence-electron chi connectivity index (χ3n) is 4.49. The van der Waals surface area contributed by atoms with Crippen LogP contribution in [0.1, 0.15) is 33.2 Å². The number of carbonyl (C=O) groups is 3. The second kappa shape index (κ2) is 8.91. The summed E-state index contributed by atoms with van der Waals surface area (Å²) in [5.41, 5.74) is 7.86. The van der Waals surface area contributed by atoms with E-state index in [1.54, 1.807) is 54.6 Å². The van der Waals surface area contributed by atoms with Crippen LogP contribution < -0.4 is 16.4 Å². The summed E-state index contributed by atoms with van der Waals surface area (Å²) in [7, 11) is 0. The molecule has 0 fully saturated rings. The fraction of sp³-hybridized carbons (Fsp3) is 0.0435. The van der Waals surface area contributed by atoms with Gasteiger partial charge in [-0.2, -0.15) is 0 Å². The van der Waals surface area contributed by atoms with Crippen molar-refractivity contribution >= 4 is 35.0 Å². The van der Waals surface area contributed by atoms with Gasteiger partial charge in [-0.05, 0) is 53.6 Å². The fourth-order valence-corrected chi connectivity index (χ4v) is 3.08. The Morgan fingerprint density at radius 2 is 1.45 bits per heavy atom. The number of rotatable bonds is 6. The van der Waals surface area contributed by atoms with Crippen LogP contribution in [0.2, 0.25) is 0 Å². The number of nitrogen functional groups attached to an aromatic ring is 1. The van der Waals surface area contributed by atoms with Crippen molar-refractivity contribution in [3.8, 4) is 11.1 Å². The molecule has 0 atom stereocenters. The van der Waals surface area contributed by atoms with E-state index in [0.29, 0.717) is 28.1 Å². The van der Waals surface area contributed by atoms with Crippen LogP contribution in [0.15, 0.2) is 66.7 Å². The Morgan fingerprint density at radius 1 is 0.839 bits per heavy atom. The topological polar surface area (TPSA) is 145 Å². The molecule has 31 heavy (non-hydrogen) atoms. The number of aromatic carboxylic acids is 1. The SMILES string of the molecule is CC(=O)Nc1ccc(-c2ccccc2C(=O)O)c(C(=O)Nc2ccc(C(=N)N)cc2)c1. The maximum absolute atomic E-state index is 13.1. The lowest BCUT2D eigenvalue weighted by molar-refractivity contribution is -0.114. The number of nitrogens with one attached hydrogen (secondary N) is 3. The van der Waals surface area contributed by atoms with E-state index in [2.05, 4.69) is 10.6 Å². The minimum Gasteiger partial charge on any atom is -0.478 e. The lowest BCUT2D eigenvalue weighted by Crippen LogP contribution is -2.16. The predicted molar refractivity (Wildman–Crippen MR) is 119 cm³/mol. The summed E-state index contributed by atoms with van der Waals surface area (Å²) in [5.74, 6) is -2.00. The van der Waals surface area contributed by atoms with Gasteiger partial charge < -0.3 is 21.5 Å². The van der Waals surface area contributed by atoms with Gasteiger partial charge in [-0.15, -0.1) is 0 Å². The van der Waals surface area contributed by atoms with Crippen molar-refractivity contribution in [3.63, 3.8) is 0 Å². The Morgan fingerprint density at radius 3 is 2.06 bits per heavy atom. The summed E-state index contributed by atoms with van der Waals surface area (Å²) in [6, 6.07) is 17.5. The van der Waals surface area contributed by atoms with Crippen molar-refractivity contribution in [3.05, 3.63) is 83.4 Å². The minimum atomic E-state index is -1.12. The number of carbonyl (C=O) groups excluding carboxylic acids is 2. The van der Waals surface area contributed by atoms with E-state index in [-0.39, 0.29) is 22.9 Å². The molecular formula is C23H20N4O4. The molecule has 0 aliphatic carbocycles. The molecule has 0 aliphatic heterocycles. The van der Waals surface area contributed by atoms with Gasteiger partial charge in [0.2, 0.25) is 5.91 Å². The lowest BCUT2D eigenvalue weighted by Gasteiger charge is -2.14. The third-order valence-corrected chi connectivity index (χ3v) is 4.49. The van der Waals surface area contributed by atoms with E-state index >= 15 is 0 Å². The highest BCUT2D eigenvalue weighted by Gasteiger charge is 2.19. The third kappa shape index (κ3) is 4.94. The van der Waals surface area contributed by atoms with Gasteiger partial charge in [0.1, 0.15) is 5.84 Å². The number of carboxylic acids is 1. The monoisotopic (exact) mass is 416 g/mol. The predicted octanol–water partition coefficient (Wildman–Crippen LogP) is 3.55. The summed E-state index contributed by atoms with van der Waals surface area (Å²) in [5, 5.41) is 22.4. The maximum atomic E-state index is 13.1. The van der Waals surface area contributed by atoms with E-state index in [4.69, 9.17) is 11.1 Å². The van der Waals surface area contributed by atoms with Crippen molar-refractivity contribution in [1.82, 2.24) is 0 Å². The largest absolute Gasteiger partial charge is 0.478 e. The fourth-order valence-electron chi connectivity index (χ4n) is 3.08. The van der Waals surface area contributed by atoms with E-state index < -0.39 is 11.9 Å². The van der Waals surface area contributed by atoms with E-state index in [1.165, 1.54) is 19.1 Å². The van der Waals surface area contributed by atoms with Crippen LogP contribution in [-0.2, 0) is 4.79 Å². The van der Waals surface area contributed by atoms with Crippen LogP contribution in [0.25, 0.3) is 11.1 Å². The van der Waals surface area contributed by atoms with Gasteiger partial charge in [0.05, 0.1) is 5.56 Å². The summed E-state index contributed by atoms with van der Waals surface area (Å²) >= 11 is 0. The van der Waals surface area contributed by atoms with Crippen molar-refractivity contribution in [1.29, 1.82) is 5.41 Å². The van der Waals surface area contributed by atoms with Crippen LogP contribution >= 0.6 is 0 Å². The van der Waals surface area contributed by atoms with Gasteiger partial charge in [0.15, 0.2) is 0 Å². The first-order valence-electron chi connectivity index (χ1n) is 9.26. The summed E-state index contributed by atoms with van der Waals surface area (Å²) < 4.78 is 0. The van der Waals surface area contributed by atoms with E-state index in [9.17, 15) is 19.5 Å². The van der Waals surface area contributed by atoms with Crippen molar-refractivity contribution in [2.24, 2.45) is 5.73 Å². The molecule has 3 aromatic rings. The quantitative estimate of drug-likeness (QED) is 0.308. The Kier molecular flexibility index (Phi) is 6.11. The van der Waals surface area contributed by atoms with Crippen molar-refractivity contribution in [2.45, 2.75) is 6.92 Å². The first kappa shape index (κ1) is 21.3. The average Bonchev–Trinajstić information content (AvgIpc) is 2.73. The number of amidine groups is 1. The molecule has 0 heterocycles. The number of anilines is 2. The number of hydrogen-bond acceptors (Lipinski definition) is 4. The second-order valence-corrected chi connectivity index (χ2v) is 6.74. The van der Waals surface area contributed by atoms with Crippen LogP contribution in [0.3, 0.4) is 0 Å². The standard InChI is InChI=1S/C23H20N4O4/c1-13(28)26-16-10-11-18(17-4-2-3-5-19(17)23(30)31)20(12-16)22(29)27-15-8-6-14(7-9-15)21(24)25/h2-12H,1H3,(H3,24,25)(H,26,28)(H,27,29)(H,30,31). The first-order valence-corrected chi connectivity index (χ1v) is 9.26. The average molecular weight is 416 g/mol. The second-order valence-electron chi connectivity index (χ2n) is 6.74. The summed E-state index contributed by atoms with van der Waals surface area (Å²) in [6.45, 7) is 1.35. The van der Waals surface area contributed by atoms with Gasteiger partial charge in [0.25, 0.3) is 5.91 Å². The molecule has 0 unspecified atom stereocenters. The molecule has 0 bridgehead atoms. The van der Waals surface area contributed by atoms with Crippen molar-refractivity contribution in [2.75, 3.05) is 10.6 Å². The zero-order valence-corrected chi connectivity index (χ0v) is 16.6. The number of benzene rings is 3. The summed E-state index contributed by atoms with van der Waals surface area (Å²) in [4.78, 5) is 36.2. The van der Waals surface area contributed by atoms with Gasteiger partial charge in [-0.3, -0.25) is 15.0 Å².